The van der Waals surface area contributed by atoms with Gasteiger partial charge < -0.3 is 9.64 Å². The van der Waals surface area contributed by atoms with Gasteiger partial charge in [0.1, 0.15) is 12.4 Å². The molecule has 0 radical (unpaired) electrons. The van der Waals surface area contributed by atoms with Crippen LogP contribution in [0.5, 0.6) is 5.75 Å². The van der Waals surface area contributed by atoms with Crippen LogP contribution in [0.4, 0.5) is 13.2 Å². The third-order valence-corrected chi connectivity index (χ3v) is 4.98. The topological polar surface area (TPSA) is 41.0 Å². The van der Waals surface area contributed by atoms with Gasteiger partial charge in [-0.2, -0.15) is 5.10 Å². The summed E-state index contributed by atoms with van der Waals surface area (Å²) in [7, 11) is 0. The predicted octanol–water partition coefficient (Wildman–Crippen LogP) is 5.13. The SMILES string of the molecule is FC(F)(F)Oc1ccc(C2=CN3CN(Cc4ccc5ccccc5n4)N=C3C=C2)cc1. The number of amidine groups is 1. The highest BCUT2D eigenvalue weighted by molar-refractivity contribution is 6.00. The number of hydrazone groups is 1. The van der Waals surface area contributed by atoms with Crippen LogP contribution in [-0.4, -0.2) is 33.8 Å². The molecule has 8 heteroatoms. The van der Waals surface area contributed by atoms with E-state index in [-0.39, 0.29) is 5.75 Å². The average Bonchev–Trinajstić information content (AvgIpc) is 3.14. The van der Waals surface area contributed by atoms with Crippen LogP contribution in [0, 0.1) is 0 Å². The lowest BCUT2D eigenvalue weighted by Crippen LogP contribution is -2.27. The highest BCUT2D eigenvalue weighted by atomic mass is 19.4. The summed E-state index contributed by atoms with van der Waals surface area (Å²) in [5, 5.41) is 7.65. The molecule has 2 aliphatic rings. The van der Waals surface area contributed by atoms with Crippen molar-refractivity contribution in [3.8, 4) is 5.75 Å². The van der Waals surface area contributed by atoms with Crippen molar-refractivity contribution in [2.75, 3.05) is 6.67 Å². The molecule has 3 aromatic rings. The molecule has 2 aromatic carbocycles. The maximum absolute atomic E-state index is 12.3. The minimum Gasteiger partial charge on any atom is -0.406 e. The summed E-state index contributed by atoms with van der Waals surface area (Å²) in [6.07, 6.45) is 1.03. The molecule has 0 aliphatic carbocycles. The zero-order valence-electron chi connectivity index (χ0n) is 16.3. The molecule has 0 saturated heterocycles. The number of benzene rings is 2. The number of pyridine rings is 1. The first kappa shape index (κ1) is 19.2. The second-order valence-electron chi connectivity index (χ2n) is 7.22. The van der Waals surface area contributed by atoms with Crippen LogP contribution in [0.25, 0.3) is 16.5 Å². The molecule has 0 spiro atoms. The molecule has 0 atom stereocenters. The Labute approximate surface area is 176 Å². The highest BCUT2D eigenvalue weighted by Gasteiger charge is 2.31. The van der Waals surface area contributed by atoms with E-state index in [2.05, 4.69) is 15.9 Å². The normalized spacial score (nSPS) is 15.7. The number of hydrogen-bond acceptors (Lipinski definition) is 5. The Kier molecular flexibility index (Phi) is 4.62. The van der Waals surface area contributed by atoms with Gasteiger partial charge in [-0.1, -0.05) is 36.4 Å². The molecule has 5 nitrogen and oxygen atoms in total. The highest BCUT2D eigenvalue weighted by Crippen LogP contribution is 2.28. The van der Waals surface area contributed by atoms with Gasteiger partial charge in [-0.05, 0) is 47.6 Å². The molecule has 0 bridgehead atoms. The fourth-order valence-electron chi connectivity index (χ4n) is 3.58. The number of nitrogens with zero attached hydrogens (tertiary/aromatic N) is 4. The summed E-state index contributed by atoms with van der Waals surface area (Å²) in [4.78, 5) is 6.69. The van der Waals surface area contributed by atoms with E-state index in [1.54, 1.807) is 12.1 Å². The molecule has 1 aromatic heterocycles. The Morgan fingerprint density at radius 3 is 2.55 bits per heavy atom. The zero-order valence-corrected chi connectivity index (χ0v) is 16.3. The first-order valence-electron chi connectivity index (χ1n) is 9.64. The third kappa shape index (κ3) is 4.23. The molecule has 0 fully saturated rings. The number of allylic oxidation sites excluding steroid dienone is 2. The first-order chi connectivity index (χ1) is 14.9. The van der Waals surface area contributed by atoms with Crippen molar-refractivity contribution in [2.24, 2.45) is 5.10 Å². The standard InChI is InChI=1S/C23H17F3N4O/c24-23(25,26)31-20-10-6-16(7-11-20)18-8-12-22-28-30(15-29(22)13-18)14-19-9-5-17-3-1-2-4-21(17)27-19/h1-13H,14-15H2. The fourth-order valence-corrected chi connectivity index (χ4v) is 3.58. The quantitative estimate of drug-likeness (QED) is 0.584. The predicted molar refractivity (Wildman–Crippen MR) is 112 cm³/mol. The van der Waals surface area contributed by atoms with Gasteiger partial charge in [0.05, 0.1) is 17.8 Å². The van der Waals surface area contributed by atoms with Gasteiger partial charge in [-0.15, -0.1) is 13.2 Å². The lowest BCUT2D eigenvalue weighted by atomic mass is 10.0. The van der Waals surface area contributed by atoms with Crippen molar-refractivity contribution in [3.05, 3.63) is 90.3 Å². The van der Waals surface area contributed by atoms with Crippen molar-refractivity contribution in [1.29, 1.82) is 0 Å². The van der Waals surface area contributed by atoms with Crippen LogP contribution in [0.3, 0.4) is 0 Å². The van der Waals surface area contributed by atoms with Crippen LogP contribution < -0.4 is 4.74 Å². The summed E-state index contributed by atoms with van der Waals surface area (Å²) in [6, 6.07) is 17.8. The number of fused-ring (bicyclic) bond motifs is 2. The Balaban J connectivity index is 1.28. The Hall–Kier alpha value is -3.81. The number of alkyl halides is 3. The third-order valence-electron chi connectivity index (χ3n) is 4.98. The number of para-hydroxylation sites is 1. The molecule has 3 heterocycles. The summed E-state index contributed by atoms with van der Waals surface area (Å²) in [6.45, 7) is 1.14. The average molecular weight is 422 g/mol. The maximum Gasteiger partial charge on any atom is 0.573 e. The number of rotatable bonds is 4. The second-order valence-corrected chi connectivity index (χ2v) is 7.22. The molecular formula is C23H17F3N4O. The minimum absolute atomic E-state index is 0.242. The number of hydrogen-bond donors (Lipinski definition) is 0. The number of ether oxygens (including phenoxy) is 1. The van der Waals surface area contributed by atoms with Gasteiger partial charge in [0.15, 0.2) is 5.84 Å². The molecular weight excluding hydrogens is 405 g/mol. The van der Waals surface area contributed by atoms with E-state index < -0.39 is 6.36 Å². The second kappa shape index (κ2) is 7.46. The molecule has 0 N–H and O–H groups in total. The van der Waals surface area contributed by atoms with Crippen LogP contribution >= 0.6 is 0 Å². The van der Waals surface area contributed by atoms with Gasteiger partial charge in [0.25, 0.3) is 0 Å². The van der Waals surface area contributed by atoms with Crippen molar-refractivity contribution in [3.63, 3.8) is 0 Å². The minimum atomic E-state index is -4.70. The zero-order chi connectivity index (χ0) is 21.4. The Morgan fingerprint density at radius 1 is 0.935 bits per heavy atom. The van der Waals surface area contributed by atoms with E-state index in [9.17, 15) is 13.2 Å². The fraction of sp³-hybridized carbons (Fsp3) is 0.130. The maximum atomic E-state index is 12.3. The monoisotopic (exact) mass is 422 g/mol. The van der Waals surface area contributed by atoms with Gasteiger partial charge in [-0.3, -0.25) is 9.99 Å². The lowest BCUT2D eigenvalue weighted by molar-refractivity contribution is -0.274. The molecule has 0 unspecified atom stereocenters. The summed E-state index contributed by atoms with van der Waals surface area (Å²) in [5.74, 6) is 0.565. The van der Waals surface area contributed by atoms with Crippen LogP contribution in [0.15, 0.2) is 84.1 Å². The molecule has 0 saturated carbocycles. The Morgan fingerprint density at radius 2 is 1.74 bits per heavy atom. The van der Waals surface area contributed by atoms with E-state index in [0.717, 1.165) is 33.6 Å². The van der Waals surface area contributed by atoms with Crippen LogP contribution in [0.2, 0.25) is 0 Å². The smallest absolute Gasteiger partial charge is 0.406 e. The van der Waals surface area contributed by atoms with E-state index in [4.69, 9.17) is 4.98 Å². The Bertz CT molecular complexity index is 1220. The van der Waals surface area contributed by atoms with Crippen molar-refractivity contribution in [1.82, 2.24) is 14.9 Å². The van der Waals surface area contributed by atoms with Crippen molar-refractivity contribution >= 4 is 22.3 Å². The van der Waals surface area contributed by atoms with Crippen molar-refractivity contribution in [2.45, 2.75) is 12.9 Å². The summed E-state index contributed by atoms with van der Waals surface area (Å²) in [5.41, 5.74) is 3.54. The number of halogens is 3. The number of aromatic nitrogens is 1. The molecule has 2 aliphatic heterocycles. The largest absolute Gasteiger partial charge is 0.573 e. The lowest BCUT2D eigenvalue weighted by Gasteiger charge is -2.20. The van der Waals surface area contributed by atoms with Crippen molar-refractivity contribution < 1.29 is 17.9 Å². The molecule has 5 rings (SSSR count). The van der Waals surface area contributed by atoms with E-state index in [1.165, 1.54) is 12.1 Å². The van der Waals surface area contributed by atoms with Gasteiger partial charge in [0.2, 0.25) is 0 Å². The summed E-state index contributed by atoms with van der Waals surface area (Å²) >= 11 is 0. The molecule has 0 amide bonds. The summed E-state index contributed by atoms with van der Waals surface area (Å²) < 4.78 is 41.0. The first-order valence-corrected chi connectivity index (χ1v) is 9.64. The van der Waals surface area contributed by atoms with E-state index in [1.807, 2.05) is 58.6 Å². The van der Waals surface area contributed by atoms with Crippen LogP contribution in [0.1, 0.15) is 11.3 Å². The van der Waals surface area contributed by atoms with Gasteiger partial charge in [-0.25, -0.2) is 0 Å². The van der Waals surface area contributed by atoms with Crippen LogP contribution in [-0.2, 0) is 6.54 Å². The molecule has 31 heavy (non-hydrogen) atoms. The van der Waals surface area contributed by atoms with Gasteiger partial charge >= 0.3 is 6.36 Å². The van der Waals surface area contributed by atoms with E-state index >= 15 is 0 Å². The van der Waals surface area contributed by atoms with Gasteiger partial charge in [0, 0.05) is 11.6 Å². The molecule has 156 valence electrons. The van der Waals surface area contributed by atoms with E-state index in [0.29, 0.717) is 13.2 Å².